The summed E-state index contributed by atoms with van der Waals surface area (Å²) in [6, 6.07) is 9.82. The molecule has 0 aliphatic heterocycles. The van der Waals surface area contributed by atoms with E-state index >= 15 is 0 Å². The fraction of sp³-hybridized carbons (Fsp3) is 0.231. The third-order valence-electron chi connectivity index (χ3n) is 2.62. The van der Waals surface area contributed by atoms with Gasteiger partial charge in [-0.2, -0.15) is 5.10 Å². The van der Waals surface area contributed by atoms with E-state index in [0.717, 1.165) is 16.8 Å². The molecular weight excluding hydrogens is 228 g/mol. The van der Waals surface area contributed by atoms with Crippen LogP contribution in [-0.2, 0) is 6.54 Å². The van der Waals surface area contributed by atoms with E-state index in [1.165, 1.54) is 4.90 Å². The zero-order chi connectivity index (χ0) is 13.0. The van der Waals surface area contributed by atoms with Crippen LogP contribution in [0, 0.1) is 0 Å². The highest BCUT2D eigenvalue weighted by Crippen LogP contribution is 2.16. The van der Waals surface area contributed by atoms with Crippen molar-refractivity contribution in [3.05, 3.63) is 42.1 Å². The van der Waals surface area contributed by atoms with Gasteiger partial charge in [0, 0.05) is 26.8 Å². The molecule has 18 heavy (non-hydrogen) atoms. The molecule has 0 unspecified atom stereocenters. The number of benzene rings is 1. The largest absolute Gasteiger partial charge is 0.334 e. The summed E-state index contributed by atoms with van der Waals surface area (Å²) in [6.07, 6.45) is 1.72. The molecule has 1 aromatic heterocycles. The van der Waals surface area contributed by atoms with Gasteiger partial charge in [-0.05, 0) is 17.2 Å². The molecule has 2 N–H and O–H groups in total. The molecule has 2 rings (SSSR count). The summed E-state index contributed by atoms with van der Waals surface area (Å²) in [5.74, 6) is 0. The van der Waals surface area contributed by atoms with Gasteiger partial charge in [0.15, 0.2) is 0 Å². The van der Waals surface area contributed by atoms with Crippen LogP contribution in [0.2, 0.25) is 0 Å². The first-order chi connectivity index (χ1) is 8.66. The minimum Gasteiger partial charge on any atom is -0.334 e. The average molecular weight is 244 g/mol. The number of hydrogen-bond acceptors (Lipinski definition) is 2. The van der Waals surface area contributed by atoms with Gasteiger partial charge in [0.05, 0.1) is 5.69 Å². The molecule has 0 saturated heterocycles. The lowest BCUT2D eigenvalue weighted by atomic mass is 10.1. The van der Waals surface area contributed by atoms with Gasteiger partial charge in [-0.1, -0.05) is 24.3 Å². The summed E-state index contributed by atoms with van der Waals surface area (Å²) >= 11 is 0. The molecule has 0 saturated carbocycles. The highest BCUT2D eigenvalue weighted by atomic mass is 16.2. The maximum atomic E-state index is 11.4. The zero-order valence-corrected chi connectivity index (χ0v) is 10.5. The number of H-pyrrole nitrogens is 1. The number of urea groups is 1. The monoisotopic (exact) mass is 244 g/mol. The van der Waals surface area contributed by atoms with Crippen molar-refractivity contribution in [1.29, 1.82) is 0 Å². The highest BCUT2D eigenvalue weighted by Gasteiger charge is 2.03. The maximum absolute atomic E-state index is 11.4. The Hall–Kier alpha value is -2.30. The lowest BCUT2D eigenvalue weighted by Crippen LogP contribution is -2.33. The van der Waals surface area contributed by atoms with Gasteiger partial charge in [-0.3, -0.25) is 5.10 Å². The average Bonchev–Trinajstić information content (AvgIpc) is 2.90. The second-order valence-corrected chi connectivity index (χ2v) is 4.22. The first kappa shape index (κ1) is 12.2. The number of rotatable bonds is 3. The molecule has 5 nitrogen and oxygen atoms in total. The van der Waals surface area contributed by atoms with Gasteiger partial charge in [0.1, 0.15) is 0 Å². The van der Waals surface area contributed by atoms with E-state index in [-0.39, 0.29) is 6.03 Å². The van der Waals surface area contributed by atoms with Crippen molar-refractivity contribution in [2.45, 2.75) is 6.54 Å². The molecule has 2 amide bonds. The second kappa shape index (κ2) is 5.35. The van der Waals surface area contributed by atoms with Crippen LogP contribution in [0.1, 0.15) is 5.56 Å². The van der Waals surface area contributed by atoms with Crippen molar-refractivity contribution < 1.29 is 4.79 Å². The summed E-state index contributed by atoms with van der Waals surface area (Å²) in [7, 11) is 3.44. The number of amides is 2. The van der Waals surface area contributed by atoms with Gasteiger partial charge in [0.2, 0.25) is 0 Å². The normalized spacial score (nSPS) is 10.1. The topological polar surface area (TPSA) is 61.0 Å². The molecule has 1 aromatic carbocycles. The van der Waals surface area contributed by atoms with Crippen LogP contribution in [0.25, 0.3) is 11.3 Å². The van der Waals surface area contributed by atoms with Crippen LogP contribution in [0.5, 0.6) is 0 Å². The lowest BCUT2D eigenvalue weighted by Gasteiger charge is -2.12. The molecule has 0 aliphatic carbocycles. The summed E-state index contributed by atoms with van der Waals surface area (Å²) < 4.78 is 0. The maximum Gasteiger partial charge on any atom is 0.317 e. The Morgan fingerprint density at radius 2 is 2.00 bits per heavy atom. The van der Waals surface area contributed by atoms with E-state index in [2.05, 4.69) is 15.5 Å². The third kappa shape index (κ3) is 2.88. The number of hydrogen-bond donors (Lipinski definition) is 2. The fourth-order valence-corrected chi connectivity index (χ4v) is 1.55. The molecule has 1 heterocycles. The lowest BCUT2D eigenvalue weighted by molar-refractivity contribution is 0.217. The molecule has 0 spiro atoms. The smallest absolute Gasteiger partial charge is 0.317 e. The van der Waals surface area contributed by atoms with E-state index in [9.17, 15) is 4.79 Å². The van der Waals surface area contributed by atoms with Gasteiger partial charge < -0.3 is 10.2 Å². The highest BCUT2D eigenvalue weighted by molar-refractivity contribution is 5.73. The van der Waals surface area contributed by atoms with Crippen LogP contribution in [0.15, 0.2) is 36.5 Å². The van der Waals surface area contributed by atoms with Gasteiger partial charge in [0.25, 0.3) is 0 Å². The van der Waals surface area contributed by atoms with E-state index in [4.69, 9.17) is 0 Å². The molecule has 94 valence electrons. The van der Waals surface area contributed by atoms with Crippen molar-refractivity contribution in [1.82, 2.24) is 20.4 Å². The zero-order valence-electron chi connectivity index (χ0n) is 10.5. The summed E-state index contributed by atoms with van der Waals surface area (Å²) in [6.45, 7) is 0.528. The number of aromatic nitrogens is 2. The molecular formula is C13H16N4O. The number of carbonyl (C=O) groups is 1. The van der Waals surface area contributed by atoms with Crippen molar-refractivity contribution in [2.24, 2.45) is 0 Å². The van der Waals surface area contributed by atoms with E-state index in [1.54, 1.807) is 20.3 Å². The van der Waals surface area contributed by atoms with Crippen molar-refractivity contribution in [3.8, 4) is 11.3 Å². The predicted octanol–water partition coefficient (Wildman–Crippen LogP) is 1.85. The summed E-state index contributed by atoms with van der Waals surface area (Å²) in [4.78, 5) is 12.9. The summed E-state index contributed by atoms with van der Waals surface area (Å²) in [5, 5.41) is 9.64. The molecule has 0 radical (unpaired) electrons. The van der Waals surface area contributed by atoms with Crippen LogP contribution in [0.4, 0.5) is 4.79 Å². The van der Waals surface area contributed by atoms with Gasteiger partial charge in [-0.25, -0.2) is 4.79 Å². The standard InChI is InChI=1S/C13H16N4O/c1-17(2)13(18)14-9-10-3-5-11(6-4-10)12-7-8-15-16-12/h3-8H,9H2,1-2H3,(H,14,18)(H,15,16). The Balaban J connectivity index is 1.98. The van der Waals surface area contributed by atoms with Crippen molar-refractivity contribution in [3.63, 3.8) is 0 Å². The number of nitrogens with zero attached hydrogens (tertiary/aromatic N) is 2. The molecule has 5 heteroatoms. The molecule has 2 aromatic rings. The van der Waals surface area contributed by atoms with Crippen LogP contribution < -0.4 is 5.32 Å². The number of nitrogens with one attached hydrogen (secondary N) is 2. The van der Waals surface area contributed by atoms with E-state index in [0.29, 0.717) is 6.54 Å². The molecule has 0 atom stereocenters. The number of carbonyl (C=O) groups excluding carboxylic acids is 1. The molecule has 0 bridgehead atoms. The Bertz CT molecular complexity index is 502. The van der Waals surface area contributed by atoms with Crippen LogP contribution in [-0.4, -0.2) is 35.2 Å². The summed E-state index contributed by atoms with van der Waals surface area (Å²) in [5.41, 5.74) is 3.13. The Labute approximate surface area is 106 Å². The first-order valence-electron chi connectivity index (χ1n) is 5.70. The fourth-order valence-electron chi connectivity index (χ4n) is 1.55. The van der Waals surface area contributed by atoms with E-state index < -0.39 is 0 Å². The second-order valence-electron chi connectivity index (χ2n) is 4.22. The predicted molar refractivity (Wildman–Crippen MR) is 69.9 cm³/mol. The van der Waals surface area contributed by atoms with Crippen molar-refractivity contribution in [2.75, 3.05) is 14.1 Å². The number of aromatic amines is 1. The molecule has 0 aliphatic rings. The Morgan fingerprint density at radius 3 is 2.56 bits per heavy atom. The SMILES string of the molecule is CN(C)C(=O)NCc1ccc(-c2ccn[nH]2)cc1. The minimum atomic E-state index is -0.0901. The first-order valence-corrected chi connectivity index (χ1v) is 5.70. The van der Waals surface area contributed by atoms with Gasteiger partial charge in [-0.15, -0.1) is 0 Å². The van der Waals surface area contributed by atoms with Crippen LogP contribution in [0.3, 0.4) is 0 Å². The molecule has 0 fully saturated rings. The Morgan fingerprint density at radius 1 is 1.28 bits per heavy atom. The van der Waals surface area contributed by atoms with Crippen LogP contribution >= 0.6 is 0 Å². The van der Waals surface area contributed by atoms with Crippen molar-refractivity contribution >= 4 is 6.03 Å². The quantitative estimate of drug-likeness (QED) is 0.865. The third-order valence-corrected chi connectivity index (χ3v) is 2.62. The Kier molecular flexibility index (Phi) is 3.62. The van der Waals surface area contributed by atoms with E-state index in [1.807, 2.05) is 30.3 Å². The minimum absolute atomic E-state index is 0.0901. The van der Waals surface area contributed by atoms with Gasteiger partial charge >= 0.3 is 6.03 Å².